The molecule has 3 rings (SSSR count). The first-order valence-corrected chi connectivity index (χ1v) is 10.7. The van der Waals surface area contributed by atoms with Crippen LogP contribution in [0.2, 0.25) is 0 Å². The number of hydrogen-bond acceptors (Lipinski definition) is 4. The van der Waals surface area contributed by atoms with E-state index in [9.17, 15) is 9.59 Å². The summed E-state index contributed by atoms with van der Waals surface area (Å²) in [4.78, 5) is 25.3. The van der Waals surface area contributed by atoms with Gasteiger partial charge >= 0.3 is 11.9 Å². The lowest BCUT2D eigenvalue weighted by atomic mass is 9.48. The van der Waals surface area contributed by atoms with Crippen molar-refractivity contribution in [3.63, 3.8) is 0 Å². The van der Waals surface area contributed by atoms with E-state index in [1.807, 2.05) is 18.2 Å². The van der Waals surface area contributed by atoms with Crippen molar-refractivity contribution >= 4 is 11.9 Å². The normalized spacial score (nSPS) is 29.2. The zero-order valence-electron chi connectivity index (χ0n) is 18.4. The van der Waals surface area contributed by atoms with Crippen molar-refractivity contribution in [3.05, 3.63) is 47.5 Å². The lowest BCUT2D eigenvalue weighted by Crippen LogP contribution is -2.49. The number of ether oxygens (including phenoxy) is 2. The molecule has 2 aliphatic carbocycles. The highest BCUT2D eigenvalue weighted by Crippen LogP contribution is 2.60. The largest absolute Gasteiger partial charge is 0.466 e. The second kappa shape index (κ2) is 8.33. The Bertz CT molecular complexity index is 779. The Labute approximate surface area is 174 Å². The molecule has 29 heavy (non-hydrogen) atoms. The van der Waals surface area contributed by atoms with Gasteiger partial charge in [-0.25, -0.2) is 4.79 Å². The van der Waals surface area contributed by atoms with Crippen LogP contribution in [0.5, 0.6) is 0 Å². The van der Waals surface area contributed by atoms with Crippen LogP contribution < -0.4 is 0 Å². The molecule has 4 atom stereocenters. The van der Waals surface area contributed by atoms with Crippen molar-refractivity contribution in [3.8, 4) is 0 Å². The van der Waals surface area contributed by atoms with Crippen LogP contribution >= 0.6 is 0 Å². The number of carbonyl (C=O) groups is 2. The molecule has 158 valence electrons. The molecule has 0 bridgehead atoms. The van der Waals surface area contributed by atoms with Gasteiger partial charge in [0.25, 0.3) is 0 Å². The molecule has 1 aromatic carbocycles. The highest BCUT2D eigenvalue weighted by atomic mass is 16.6. The number of methoxy groups -OCH3 is 1. The van der Waals surface area contributed by atoms with Gasteiger partial charge in [0.1, 0.15) is 0 Å². The van der Waals surface area contributed by atoms with Crippen LogP contribution in [0.1, 0.15) is 71.5 Å². The first-order valence-electron chi connectivity index (χ1n) is 10.7. The van der Waals surface area contributed by atoms with E-state index < -0.39 is 12.1 Å². The third kappa shape index (κ3) is 4.26. The zero-order chi connectivity index (χ0) is 21.2. The number of rotatable bonds is 5. The average Bonchev–Trinajstić information content (AvgIpc) is 2.68. The first-order chi connectivity index (χ1) is 13.7. The van der Waals surface area contributed by atoms with Gasteiger partial charge in [-0.1, -0.05) is 69.2 Å². The van der Waals surface area contributed by atoms with Crippen molar-refractivity contribution < 1.29 is 19.1 Å². The molecular formula is C25H34O4. The summed E-state index contributed by atoms with van der Waals surface area (Å²) in [5, 5.41) is 0. The van der Waals surface area contributed by atoms with E-state index in [1.165, 1.54) is 25.5 Å². The van der Waals surface area contributed by atoms with Crippen LogP contribution in [0.15, 0.2) is 42.0 Å². The van der Waals surface area contributed by atoms with Crippen LogP contribution in [0.4, 0.5) is 0 Å². The minimum atomic E-state index is -1.02. The Morgan fingerprint density at radius 1 is 1.14 bits per heavy atom. The van der Waals surface area contributed by atoms with Gasteiger partial charge < -0.3 is 9.47 Å². The molecule has 0 saturated heterocycles. The van der Waals surface area contributed by atoms with E-state index in [0.29, 0.717) is 17.9 Å². The van der Waals surface area contributed by atoms with E-state index in [0.717, 1.165) is 12.8 Å². The molecule has 1 aromatic rings. The third-order valence-corrected chi connectivity index (χ3v) is 7.43. The quantitative estimate of drug-likeness (QED) is 0.476. The summed E-state index contributed by atoms with van der Waals surface area (Å²) in [5.41, 5.74) is 2.25. The van der Waals surface area contributed by atoms with E-state index in [1.54, 1.807) is 12.1 Å². The van der Waals surface area contributed by atoms with E-state index in [2.05, 4.69) is 33.8 Å². The van der Waals surface area contributed by atoms with Crippen LogP contribution in [-0.2, 0) is 19.1 Å². The lowest BCUT2D eigenvalue weighted by Gasteiger charge is -2.56. The van der Waals surface area contributed by atoms with E-state index in [4.69, 9.17) is 9.47 Å². The van der Waals surface area contributed by atoms with Crippen molar-refractivity contribution in [2.45, 2.75) is 65.9 Å². The zero-order valence-corrected chi connectivity index (χ0v) is 18.4. The van der Waals surface area contributed by atoms with Crippen LogP contribution in [0.3, 0.4) is 0 Å². The summed E-state index contributed by atoms with van der Waals surface area (Å²) in [5.74, 6) is -0.200. The fourth-order valence-corrected chi connectivity index (χ4v) is 5.86. The molecule has 0 spiro atoms. The fourth-order valence-electron chi connectivity index (χ4n) is 5.86. The number of benzene rings is 1. The summed E-state index contributed by atoms with van der Waals surface area (Å²) < 4.78 is 10.6. The second-order valence-corrected chi connectivity index (χ2v) is 9.64. The Kier molecular flexibility index (Phi) is 6.21. The molecule has 0 radical (unpaired) electrons. The molecular weight excluding hydrogens is 364 g/mol. The highest BCUT2D eigenvalue weighted by molar-refractivity contribution is 5.81. The van der Waals surface area contributed by atoms with Crippen LogP contribution in [0, 0.1) is 22.7 Å². The van der Waals surface area contributed by atoms with Crippen molar-refractivity contribution in [1.29, 1.82) is 0 Å². The molecule has 4 unspecified atom stereocenters. The molecule has 4 heteroatoms. The lowest BCUT2D eigenvalue weighted by molar-refractivity contribution is -0.168. The predicted molar refractivity (Wildman–Crippen MR) is 113 cm³/mol. The van der Waals surface area contributed by atoms with Gasteiger partial charge in [0.05, 0.1) is 13.5 Å². The Hall–Kier alpha value is -2.10. The van der Waals surface area contributed by atoms with Gasteiger partial charge in [-0.2, -0.15) is 0 Å². The summed E-state index contributed by atoms with van der Waals surface area (Å²) in [7, 11) is 1.32. The van der Waals surface area contributed by atoms with Crippen LogP contribution in [-0.4, -0.2) is 19.0 Å². The number of allylic oxidation sites excluding steroid dienone is 2. The summed E-state index contributed by atoms with van der Waals surface area (Å²) >= 11 is 0. The smallest absolute Gasteiger partial charge is 0.351 e. The minimum Gasteiger partial charge on any atom is -0.466 e. The molecule has 0 aromatic heterocycles. The molecule has 0 heterocycles. The van der Waals surface area contributed by atoms with Gasteiger partial charge in [0.15, 0.2) is 0 Å². The maximum Gasteiger partial charge on any atom is 0.351 e. The number of hydrogen-bond donors (Lipinski definition) is 0. The Balaban J connectivity index is 1.80. The SMILES string of the molecule is COC(=O)C(OC(=O)CC1C(C)=CCC2C(C)(C)CCCC12C)c1ccccc1. The van der Waals surface area contributed by atoms with Gasteiger partial charge in [0.2, 0.25) is 6.10 Å². The van der Waals surface area contributed by atoms with Gasteiger partial charge in [-0.05, 0) is 48.9 Å². The van der Waals surface area contributed by atoms with Crippen LogP contribution in [0.25, 0.3) is 0 Å². The molecule has 0 aliphatic heterocycles. The Morgan fingerprint density at radius 3 is 2.48 bits per heavy atom. The number of esters is 2. The standard InChI is InChI=1S/C25H34O4/c1-17-12-13-20-24(2,3)14-9-15-25(20,4)19(17)16-21(26)29-22(23(27)28-5)18-10-7-6-8-11-18/h6-8,10-12,19-20,22H,9,13-16H2,1-5H3. The van der Waals surface area contributed by atoms with Gasteiger partial charge in [-0.3, -0.25) is 4.79 Å². The first kappa shape index (κ1) is 21.6. The minimum absolute atomic E-state index is 0.0765. The molecule has 0 amide bonds. The van der Waals surface area contributed by atoms with Crippen molar-refractivity contribution in [2.24, 2.45) is 22.7 Å². The monoisotopic (exact) mass is 398 g/mol. The summed E-state index contributed by atoms with van der Waals surface area (Å²) in [6.45, 7) is 9.21. The maximum atomic E-state index is 13.0. The number of carbonyl (C=O) groups excluding carboxylic acids is 2. The molecule has 0 N–H and O–H groups in total. The molecule has 1 fully saturated rings. The second-order valence-electron chi connectivity index (χ2n) is 9.64. The van der Waals surface area contributed by atoms with Crippen molar-refractivity contribution in [2.75, 3.05) is 7.11 Å². The third-order valence-electron chi connectivity index (χ3n) is 7.43. The van der Waals surface area contributed by atoms with Gasteiger partial charge in [-0.15, -0.1) is 0 Å². The molecule has 4 nitrogen and oxygen atoms in total. The van der Waals surface area contributed by atoms with Crippen molar-refractivity contribution in [1.82, 2.24) is 0 Å². The van der Waals surface area contributed by atoms with Gasteiger partial charge in [0, 0.05) is 5.56 Å². The molecule has 1 saturated carbocycles. The number of fused-ring (bicyclic) bond motifs is 1. The highest BCUT2D eigenvalue weighted by Gasteiger charge is 2.52. The maximum absolute atomic E-state index is 13.0. The predicted octanol–water partition coefficient (Wildman–Crippen LogP) is 5.63. The average molecular weight is 399 g/mol. The summed E-state index contributed by atoms with van der Waals surface area (Å²) in [6.07, 6.45) is 6.22. The Morgan fingerprint density at radius 2 is 1.83 bits per heavy atom. The fraction of sp³-hybridized carbons (Fsp3) is 0.600. The van der Waals surface area contributed by atoms with E-state index in [-0.39, 0.29) is 22.7 Å². The van der Waals surface area contributed by atoms with E-state index >= 15 is 0 Å². The molecule has 2 aliphatic rings. The summed E-state index contributed by atoms with van der Waals surface area (Å²) in [6, 6.07) is 9.07. The topological polar surface area (TPSA) is 52.6 Å².